The van der Waals surface area contributed by atoms with Crippen LogP contribution in [0.1, 0.15) is 35.7 Å². The van der Waals surface area contributed by atoms with E-state index < -0.39 is 0 Å². The minimum absolute atomic E-state index is 0.140. The van der Waals surface area contributed by atoms with Crippen LogP contribution in [0.5, 0.6) is 0 Å². The highest BCUT2D eigenvalue weighted by Gasteiger charge is 2.29. The van der Waals surface area contributed by atoms with Gasteiger partial charge in [0.25, 0.3) is 5.91 Å². The van der Waals surface area contributed by atoms with Crippen molar-refractivity contribution in [2.75, 3.05) is 0 Å². The van der Waals surface area contributed by atoms with Gasteiger partial charge in [0, 0.05) is 5.56 Å². The molecule has 114 valence electrons. The van der Waals surface area contributed by atoms with Crippen LogP contribution in [0.15, 0.2) is 73.3 Å². The molecular formula is C19H22N2O. The highest BCUT2D eigenvalue weighted by Crippen LogP contribution is 2.28. The molecule has 2 aromatic rings. The van der Waals surface area contributed by atoms with Crippen LogP contribution in [-0.2, 0) is 5.54 Å². The van der Waals surface area contributed by atoms with E-state index in [1.165, 1.54) is 0 Å². The van der Waals surface area contributed by atoms with E-state index in [2.05, 4.69) is 36.5 Å². The molecule has 0 aliphatic rings. The third-order valence-electron chi connectivity index (χ3n) is 3.87. The number of hydrazine groups is 1. The van der Waals surface area contributed by atoms with Gasteiger partial charge in [-0.1, -0.05) is 61.5 Å². The average Bonchev–Trinajstić information content (AvgIpc) is 2.60. The molecule has 0 aliphatic carbocycles. The van der Waals surface area contributed by atoms with Gasteiger partial charge in [0.05, 0.1) is 5.54 Å². The van der Waals surface area contributed by atoms with Crippen molar-refractivity contribution in [1.29, 1.82) is 0 Å². The number of amides is 1. The number of carbonyl (C=O) groups is 1. The average molecular weight is 294 g/mol. The zero-order chi connectivity index (χ0) is 15.8. The summed E-state index contributed by atoms with van der Waals surface area (Å²) in [4.78, 5) is 12.2. The molecule has 1 atom stereocenters. The van der Waals surface area contributed by atoms with Crippen molar-refractivity contribution in [2.24, 2.45) is 0 Å². The molecular weight excluding hydrogens is 272 g/mol. The maximum absolute atomic E-state index is 12.2. The molecule has 0 heterocycles. The molecule has 1 amide bonds. The number of nitrogens with one attached hydrogen (secondary N) is 2. The second-order valence-corrected chi connectivity index (χ2v) is 5.24. The topological polar surface area (TPSA) is 41.1 Å². The molecule has 3 heteroatoms. The van der Waals surface area contributed by atoms with Gasteiger partial charge >= 0.3 is 0 Å². The third-order valence-corrected chi connectivity index (χ3v) is 3.87. The van der Waals surface area contributed by atoms with Crippen molar-refractivity contribution in [2.45, 2.75) is 25.3 Å². The summed E-state index contributed by atoms with van der Waals surface area (Å²) in [6.45, 7) is 5.95. The smallest absolute Gasteiger partial charge is 0.265 e. The molecule has 0 aliphatic heterocycles. The predicted octanol–water partition coefficient (Wildman–Crippen LogP) is 3.80. The van der Waals surface area contributed by atoms with E-state index in [4.69, 9.17) is 0 Å². The van der Waals surface area contributed by atoms with Gasteiger partial charge in [-0.3, -0.25) is 10.2 Å². The predicted molar refractivity (Wildman–Crippen MR) is 90.3 cm³/mol. The fraction of sp³-hybridized carbons (Fsp3) is 0.211. The first kappa shape index (κ1) is 16.0. The molecule has 2 rings (SSSR count). The molecule has 22 heavy (non-hydrogen) atoms. The van der Waals surface area contributed by atoms with Gasteiger partial charge < -0.3 is 0 Å². The molecule has 0 aromatic heterocycles. The molecule has 2 aromatic carbocycles. The Balaban J connectivity index is 2.17. The van der Waals surface area contributed by atoms with Crippen LogP contribution < -0.4 is 10.9 Å². The van der Waals surface area contributed by atoms with Crippen molar-refractivity contribution in [3.05, 3.63) is 84.4 Å². The minimum Gasteiger partial charge on any atom is -0.287 e. The molecule has 0 saturated carbocycles. The van der Waals surface area contributed by atoms with E-state index in [0.29, 0.717) is 5.56 Å². The molecule has 0 saturated heterocycles. The number of rotatable bonds is 7. The summed E-state index contributed by atoms with van der Waals surface area (Å²) in [6.07, 6.45) is 3.43. The van der Waals surface area contributed by atoms with Crippen LogP contribution in [0, 0.1) is 0 Å². The Morgan fingerprint density at radius 2 is 1.68 bits per heavy atom. The van der Waals surface area contributed by atoms with Crippen molar-refractivity contribution in [3.8, 4) is 0 Å². The highest BCUT2D eigenvalue weighted by molar-refractivity contribution is 5.93. The summed E-state index contributed by atoms with van der Waals surface area (Å²) in [7, 11) is 0. The SMILES string of the molecule is C=CC[C@@](CC)(NNC(=O)c1ccccc1)c1ccccc1. The Morgan fingerprint density at radius 1 is 1.09 bits per heavy atom. The lowest BCUT2D eigenvalue weighted by Crippen LogP contribution is -2.51. The van der Waals surface area contributed by atoms with Gasteiger partial charge in [0.1, 0.15) is 0 Å². The number of benzene rings is 2. The molecule has 0 bridgehead atoms. The summed E-state index contributed by atoms with van der Waals surface area (Å²) in [6, 6.07) is 19.3. The second-order valence-electron chi connectivity index (χ2n) is 5.24. The van der Waals surface area contributed by atoms with Crippen LogP contribution in [0.3, 0.4) is 0 Å². The van der Waals surface area contributed by atoms with Gasteiger partial charge in [-0.2, -0.15) is 0 Å². The minimum atomic E-state index is -0.354. The first-order valence-corrected chi connectivity index (χ1v) is 7.51. The summed E-state index contributed by atoms with van der Waals surface area (Å²) >= 11 is 0. The van der Waals surface area contributed by atoms with E-state index in [0.717, 1.165) is 18.4 Å². The van der Waals surface area contributed by atoms with Gasteiger partial charge in [0.15, 0.2) is 0 Å². The van der Waals surface area contributed by atoms with Crippen LogP contribution in [-0.4, -0.2) is 5.91 Å². The first-order valence-electron chi connectivity index (χ1n) is 7.51. The summed E-state index contributed by atoms with van der Waals surface area (Å²) in [5, 5.41) is 0. The second kappa shape index (κ2) is 7.57. The molecule has 0 spiro atoms. The first-order chi connectivity index (χ1) is 10.7. The molecule has 0 unspecified atom stereocenters. The standard InChI is InChI=1S/C19H22N2O/c1-3-15-19(4-2,17-13-9-6-10-14-17)21-20-18(22)16-11-7-5-8-12-16/h3,5-14,21H,1,4,15H2,2H3,(H,20,22)/t19-/m1/s1. The van der Waals surface area contributed by atoms with Crippen LogP contribution >= 0.6 is 0 Å². The highest BCUT2D eigenvalue weighted by atomic mass is 16.2. The zero-order valence-corrected chi connectivity index (χ0v) is 12.9. The summed E-state index contributed by atoms with van der Waals surface area (Å²) < 4.78 is 0. The lowest BCUT2D eigenvalue weighted by atomic mass is 9.85. The maximum Gasteiger partial charge on any atom is 0.265 e. The number of hydrogen-bond donors (Lipinski definition) is 2. The largest absolute Gasteiger partial charge is 0.287 e. The molecule has 0 radical (unpaired) electrons. The number of hydrogen-bond acceptors (Lipinski definition) is 2. The van der Waals surface area contributed by atoms with Crippen LogP contribution in [0.4, 0.5) is 0 Å². The van der Waals surface area contributed by atoms with Crippen molar-refractivity contribution in [1.82, 2.24) is 10.9 Å². The van der Waals surface area contributed by atoms with Gasteiger partial charge in [-0.25, -0.2) is 5.43 Å². The third kappa shape index (κ3) is 3.62. The van der Waals surface area contributed by atoms with E-state index in [-0.39, 0.29) is 11.4 Å². The Bertz CT molecular complexity index is 610. The van der Waals surface area contributed by atoms with E-state index in [1.54, 1.807) is 12.1 Å². The number of carbonyl (C=O) groups excluding carboxylic acids is 1. The van der Waals surface area contributed by atoms with E-state index in [1.807, 2.05) is 42.5 Å². The quantitative estimate of drug-likeness (QED) is 0.602. The van der Waals surface area contributed by atoms with Crippen molar-refractivity contribution < 1.29 is 4.79 Å². The molecule has 3 nitrogen and oxygen atoms in total. The van der Waals surface area contributed by atoms with Gasteiger partial charge in [-0.15, -0.1) is 6.58 Å². The monoisotopic (exact) mass is 294 g/mol. The van der Waals surface area contributed by atoms with E-state index in [9.17, 15) is 4.79 Å². The fourth-order valence-corrected chi connectivity index (χ4v) is 2.52. The molecule has 0 fully saturated rings. The van der Waals surface area contributed by atoms with Crippen LogP contribution in [0.2, 0.25) is 0 Å². The summed E-state index contributed by atoms with van der Waals surface area (Å²) in [5.41, 5.74) is 7.47. The maximum atomic E-state index is 12.2. The summed E-state index contributed by atoms with van der Waals surface area (Å²) in [5.74, 6) is -0.140. The molecule has 2 N–H and O–H groups in total. The van der Waals surface area contributed by atoms with Crippen LogP contribution in [0.25, 0.3) is 0 Å². The Labute approximate surface area is 132 Å². The Kier molecular flexibility index (Phi) is 5.50. The van der Waals surface area contributed by atoms with Gasteiger partial charge in [0.2, 0.25) is 0 Å². The zero-order valence-electron chi connectivity index (χ0n) is 12.9. The lowest BCUT2D eigenvalue weighted by Gasteiger charge is -2.33. The van der Waals surface area contributed by atoms with Crippen molar-refractivity contribution in [3.63, 3.8) is 0 Å². The van der Waals surface area contributed by atoms with Gasteiger partial charge in [-0.05, 0) is 30.5 Å². The Morgan fingerprint density at radius 3 is 2.23 bits per heavy atom. The normalized spacial score (nSPS) is 13.1. The fourth-order valence-electron chi connectivity index (χ4n) is 2.52. The lowest BCUT2D eigenvalue weighted by molar-refractivity contribution is 0.0900. The van der Waals surface area contributed by atoms with E-state index >= 15 is 0 Å². The Hall–Kier alpha value is -2.39. The van der Waals surface area contributed by atoms with Crippen molar-refractivity contribution >= 4 is 5.91 Å².